The second kappa shape index (κ2) is 9.55. The number of aromatic hydroxyl groups is 2. The number of hydrogen-bond donors (Lipinski definition) is 4. The zero-order valence-corrected chi connectivity index (χ0v) is 16.8. The maximum atomic E-state index is 11.1. The molecule has 1 aromatic heterocycles. The zero-order valence-electron chi connectivity index (χ0n) is 16.8. The van der Waals surface area contributed by atoms with Crippen molar-refractivity contribution in [2.45, 2.75) is 6.92 Å². The van der Waals surface area contributed by atoms with Gasteiger partial charge in [0.1, 0.15) is 11.5 Å². The molecule has 8 nitrogen and oxygen atoms in total. The Hall–Kier alpha value is -4.17. The van der Waals surface area contributed by atoms with Gasteiger partial charge in [-0.3, -0.25) is 0 Å². The van der Waals surface area contributed by atoms with Crippen LogP contribution in [0.1, 0.15) is 17.3 Å². The van der Waals surface area contributed by atoms with Crippen molar-refractivity contribution in [3.8, 4) is 40.0 Å². The molecule has 1 heterocycles. The average molecular weight is 418 g/mol. The Morgan fingerprint density at radius 3 is 1.94 bits per heavy atom. The van der Waals surface area contributed by atoms with E-state index >= 15 is 0 Å². The molecule has 5 N–H and O–H groups in total. The predicted octanol–water partition coefficient (Wildman–Crippen LogP) is 3.68. The van der Waals surface area contributed by atoms with Gasteiger partial charge >= 0.3 is 5.97 Å². The second-order valence-corrected chi connectivity index (χ2v) is 6.47. The van der Waals surface area contributed by atoms with E-state index in [1.807, 2.05) is 6.92 Å². The predicted molar refractivity (Wildman–Crippen MR) is 117 cm³/mol. The third-order valence-corrected chi connectivity index (χ3v) is 4.26. The van der Waals surface area contributed by atoms with Crippen molar-refractivity contribution in [1.82, 2.24) is 14.8 Å². The normalized spacial score (nSPS) is 10.3. The van der Waals surface area contributed by atoms with Crippen LogP contribution in [0.15, 0.2) is 72.8 Å². The number of phenols is 2. The number of rotatable bonds is 4. The van der Waals surface area contributed by atoms with Crippen LogP contribution >= 0.6 is 0 Å². The van der Waals surface area contributed by atoms with Gasteiger partial charge in [-0.15, -0.1) is 5.10 Å². The van der Waals surface area contributed by atoms with E-state index in [-0.39, 0.29) is 22.9 Å². The summed E-state index contributed by atoms with van der Waals surface area (Å²) in [6.45, 7) is 2.65. The maximum absolute atomic E-state index is 11.1. The smallest absolute Gasteiger partial charge is 0.335 e. The number of carboxylic acid groups (broad SMARTS) is 1. The number of phenolic OH excluding ortho intramolecular Hbond substituents is 2. The van der Waals surface area contributed by atoms with Gasteiger partial charge in [0.05, 0.1) is 22.4 Å². The van der Waals surface area contributed by atoms with E-state index in [2.05, 4.69) is 10.1 Å². The molecule has 158 valence electrons. The summed E-state index contributed by atoms with van der Waals surface area (Å²) >= 11 is 0. The van der Waals surface area contributed by atoms with E-state index < -0.39 is 5.97 Å². The zero-order chi connectivity index (χ0) is 22.4. The summed E-state index contributed by atoms with van der Waals surface area (Å²) in [5.41, 5.74) is 6.46. The SMILES string of the molecule is CCN.O=C(O)c1ccc(-n2nc(-c3ccccc3O)nc2-c2ccccc2O)cc1. The quantitative estimate of drug-likeness (QED) is 0.397. The minimum Gasteiger partial charge on any atom is -0.507 e. The number of benzene rings is 3. The molecule has 4 rings (SSSR count). The molecule has 8 heteroatoms. The molecule has 4 aromatic rings. The minimum absolute atomic E-state index is 0.0298. The lowest BCUT2D eigenvalue weighted by molar-refractivity contribution is 0.0697. The number of hydrogen-bond acceptors (Lipinski definition) is 6. The Labute approximate surface area is 178 Å². The standard InChI is InChI=1S/C21H15N3O4.C2H7N/c25-17-7-3-1-5-15(17)19-22-20(16-6-2-4-8-18(16)26)24(23-19)14-11-9-13(10-12-14)21(27)28;1-2-3/h1-12,25-26H,(H,27,28);2-3H2,1H3. The first-order chi connectivity index (χ1) is 15.0. The van der Waals surface area contributed by atoms with E-state index in [9.17, 15) is 15.0 Å². The van der Waals surface area contributed by atoms with Crippen LogP contribution < -0.4 is 5.73 Å². The fourth-order valence-electron chi connectivity index (χ4n) is 2.85. The number of nitrogens with zero attached hydrogens (tertiary/aromatic N) is 3. The number of para-hydroxylation sites is 2. The van der Waals surface area contributed by atoms with Gasteiger partial charge in [-0.05, 0) is 55.1 Å². The number of aromatic nitrogens is 3. The van der Waals surface area contributed by atoms with Crippen LogP contribution in [0, 0.1) is 0 Å². The summed E-state index contributed by atoms with van der Waals surface area (Å²) in [6, 6.07) is 19.5. The highest BCUT2D eigenvalue weighted by Gasteiger charge is 2.19. The molecule has 0 amide bonds. The molecule has 0 aliphatic rings. The van der Waals surface area contributed by atoms with Crippen LogP contribution in [0.5, 0.6) is 11.5 Å². The molecule has 0 bridgehead atoms. The molecule has 0 unspecified atom stereocenters. The van der Waals surface area contributed by atoms with Crippen LogP contribution in [0.4, 0.5) is 0 Å². The molecule has 0 saturated carbocycles. The molecule has 0 radical (unpaired) electrons. The van der Waals surface area contributed by atoms with Crippen LogP contribution in [0.3, 0.4) is 0 Å². The summed E-state index contributed by atoms with van der Waals surface area (Å²) in [4.78, 5) is 15.6. The summed E-state index contributed by atoms with van der Waals surface area (Å²) in [6.07, 6.45) is 0. The minimum atomic E-state index is -1.03. The second-order valence-electron chi connectivity index (χ2n) is 6.47. The van der Waals surface area contributed by atoms with Gasteiger partial charge < -0.3 is 21.1 Å². The van der Waals surface area contributed by atoms with Crippen LogP contribution in [0.25, 0.3) is 28.5 Å². The topological polar surface area (TPSA) is 134 Å². The molecule has 0 atom stereocenters. The summed E-state index contributed by atoms with van der Waals surface area (Å²) in [7, 11) is 0. The number of carboxylic acids is 1. The van der Waals surface area contributed by atoms with Crippen molar-refractivity contribution in [2.75, 3.05) is 6.54 Å². The highest BCUT2D eigenvalue weighted by atomic mass is 16.4. The molecule has 0 aliphatic heterocycles. The van der Waals surface area contributed by atoms with Gasteiger partial charge in [-0.2, -0.15) is 0 Å². The molecule has 0 fully saturated rings. The van der Waals surface area contributed by atoms with E-state index in [4.69, 9.17) is 10.8 Å². The molecular formula is C23H22N4O4. The van der Waals surface area contributed by atoms with Crippen LogP contribution in [0.2, 0.25) is 0 Å². The lowest BCUT2D eigenvalue weighted by Gasteiger charge is -2.07. The van der Waals surface area contributed by atoms with Crippen molar-refractivity contribution in [3.05, 3.63) is 78.4 Å². The Morgan fingerprint density at radius 2 is 1.42 bits per heavy atom. The van der Waals surface area contributed by atoms with Gasteiger partial charge in [0.25, 0.3) is 0 Å². The number of nitrogens with two attached hydrogens (primary N) is 1. The Kier molecular flexibility index (Phi) is 6.64. The Bertz CT molecular complexity index is 1190. The van der Waals surface area contributed by atoms with Gasteiger partial charge in [0.15, 0.2) is 11.6 Å². The molecule has 3 aromatic carbocycles. The Balaban J connectivity index is 0.000000858. The third kappa shape index (κ3) is 4.71. The van der Waals surface area contributed by atoms with Gasteiger partial charge in [0, 0.05) is 0 Å². The lowest BCUT2D eigenvalue weighted by atomic mass is 10.1. The first-order valence-corrected chi connectivity index (χ1v) is 9.53. The van der Waals surface area contributed by atoms with Crippen molar-refractivity contribution in [1.29, 1.82) is 0 Å². The van der Waals surface area contributed by atoms with Crippen molar-refractivity contribution in [3.63, 3.8) is 0 Å². The van der Waals surface area contributed by atoms with Gasteiger partial charge in [-0.25, -0.2) is 14.5 Å². The summed E-state index contributed by atoms with van der Waals surface area (Å²) < 4.78 is 1.50. The molecular weight excluding hydrogens is 396 g/mol. The fraction of sp³-hybridized carbons (Fsp3) is 0.0870. The van der Waals surface area contributed by atoms with Gasteiger partial charge in [0.2, 0.25) is 0 Å². The monoisotopic (exact) mass is 418 g/mol. The summed E-state index contributed by atoms with van der Waals surface area (Å²) in [5.74, 6) is -0.328. The first kappa shape index (κ1) is 21.5. The first-order valence-electron chi connectivity index (χ1n) is 9.53. The third-order valence-electron chi connectivity index (χ3n) is 4.26. The van der Waals surface area contributed by atoms with Crippen LogP contribution in [-0.4, -0.2) is 42.6 Å². The van der Waals surface area contributed by atoms with Crippen molar-refractivity contribution >= 4 is 5.97 Å². The fourth-order valence-corrected chi connectivity index (χ4v) is 2.85. The van der Waals surface area contributed by atoms with E-state index in [1.165, 1.54) is 22.9 Å². The molecule has 0 spiro atoms. The number of aromatic carboxylic acids is 1. The van der Waals surface area contributed by atoms with E-state index in [0.29, 0.717) is 22.6 Å². The van der Waals surface area contributed by atoms with Gasteiger partial charge in [-0.1, -0.05) is 31.2 Å². The average Bonchev–Trinajstić information content (AvgIpc) is 3.20. The Morgan fingerprint density at radius 1 is 0.903 bits per heavy atom. The summed E-state index contributed by atoms with van der Waals surface area (Å²) in [5, 5.41) is 34.0. The van der Waals surface area contributed by atoms with Crippen molar-refractivity contribution < 1.29 is 20.1 Å². The molecule has 31 heavy (non-hydrogen) atoms. The maximum Gasteiger partial charge on any atom is 0.335 e. The molecule has 0 aliphatic carbocycles. The highest BCUT2D eigenvalue weighted by Crippen LogP contribution is 2.33. The van der Waals surface area contributed by atoms with E-state index in [1.54, 1.807) is 54.6 Å². The number of carbonyl (C=O) groups is 1. The largest absolute Gasteiger partial charge is 0.507 e. The van der Waals surface area contributed by atoms with E-state index in [0.717, 1.165) is 6.54 Å². The van der Waals surface area contributed by atoms with Crippen molar-refractivity contribution in [2.24, 2.45) is 5.73 Å². The highest BCUT2D eigenvalue weighted by molar-refractivity contribution is 5.87. The lowest BCUT2D eigenvalue weighted by Crippen LogP contribution is -2.02. The molecule has 0 saturated heterocycles. The van der Waals surface area contributed by atoms with Crippen LogP contribution in [-0.2, 0) is 0 Å².